The number of Topliss-reactive ketones (excluding diaryl/α,β-unsaturated/α-hetero) is 1. The molecule has 5 heteroatoms. The van der Waals surface area contributed by atoms with E-state index in [-0.39, 0.29) is 41.7 Å². The number of halogens is 1. The SMILES string of the molecule is CC(=O)c1cc(F)ccc1OCC(=O)N1C(C)CCCC1C. The molecule has 1 aliphatic heterocycles. The van der Waals surface area contributed by atoms with Crippen LogP contribution in [0.5, 0.6) is 5.75 Å². The molecule has 1 fully saturated rings. The summed E-state index contributed by atoms with van der Waals surface area (Å²) in [5.41, 5.74) is 0.160. The Morgan fingerprint density at radius 3 is 2.50 bits per heavy atom. The van der Waals surface area contributed by atoms with Crippen LogP contribution in [-0.2, 0) is 4.79 Å². The van der Waals surface area contributed by atoms with E-state index in [4.69, 9.17) is 4.74 Å². The smallest absolute Gasteiger partial charge is 0.260 e. The monoisotopic (exact) mass is 307 g/mol. The first-order valence-corrected chi connectivity index (χ1v) is 7.64. The predicted molar refractivity (Wildman–Crippen MR) is 81.5 cm³/mol. The summed E-state index contributed by atoms with van der Waals surface area (Å²) in [7, 11) is 0. The molecule has 0 saturated carbocycles. The summed E-state index contributed by atoms with van der Waals surface area (Å²) in [5.74, 6) is -0.637. The number of piperidine rings is 1. The van der Waals surface area contributed by atoms with Crippen LogP contribution in [0.2, 0.25) is 0 Å². The topological polar surface area (TPSA) is 46.6 Å². The number of benzene rings is 1. The van der Waals surface area contributed by atoms with Gasteiger partial charge in [0.05, 0.1) is 5.56 Å². The Labute approximate surface area is 130 Å². The van der Waals surface area contributed by atoms with Gasteiger partial charge in [-0.3, -0.25) is 9.59 Å². The molecule has 1 amide bonds. The third-order valence-corrected chi connectivity index (χ3v) is 4.15. The first kappa shape index (κ1) is 16.5. The molecule has 0 aliphatic carbocycles. The fraction of sp³-hybridized carbons (Fsp3) is 0.529. The number of hydrogen-bond donors (Lipinski definition) is 0. The molecule has 1 aromatic rings. The molecule has 0 N–H and O–H groups in total. The van der Waals surface area contributed by atoms with Gasteiger partial charge in [-0.2, -0.15) is 0 Å². The van der Waals surface area contributed by atoms with Gasteiger partial charge >= 0.3 is 0 Å². The lowest BCUT2D eigenvalue weighted by Gasteiger charge is -2.39. The van der Waals surface area contributed by atoms with E-state index in [0.29, 0.717) is 0 Å². The number of ether oxygens (including phenoxy) is 1. The van der Waals surface area contributed by atoms with Gasteiger partial charge in [-0.15, -0.1) is 0 Å². The Morgan fingerprint density at radius 1 is 1.27 bits per heavy atom. The number of rotatable bonds is 4. The Bertz CT molecular complexity index is 563. The first-order chi connectivity index (χ1) is 10.4. The van der Waals surface area contributed by atoms with E-state index in [1.807, 2.05) is 18.7 Å². The molecular formula is C17H22FNO3. The standard InChI is InChI=1S/C17H22FNO3/c1-11-5-4-6-12(2)19(11)17(21)10-22-16-8-7-14(18)9-15(16)13(3)20/h7-9,11-12H,4-6,10H2,1-3H3. The van der Waals surface area contributed by atoms with Gasteiger partial charge in [-0.05, 0) is 58.2 Å². The average molecular weight is 307 g/mol. The molecule has 120 valence electrons. The summed E-state index contributed by atoms with van der Waals surface area (Å²) in [6.45, 7) is 5.28. The second-order valence-corrected chi connectivity index (χ2v) is 5.92. The molecule has 1 aliphatic rings. The van der Waals surface area contributed by atoms with Crippen molar-refractivity contribution in [1.29, 1.82) is 0 Å². The molecule has 0 bridgehead atoms. The summed E-state index contributed by atoms with van der Waals surface area (Å²) >= 11 is 0. The number of carbonyl (C=O) groups excluding carboxylic acids is 2. The summed E-state index contributed by atoms with van der Waals surface area (Å²) in [4.78, 5) is 25.8. The lowest BCUT2D eigenvalue weighted by molar-refractivity contribution is -0.139. The third-order valence-electron chi connectivity index (χ3n) is 4.15. The lowest BCUT2D eigenvalue weighted by Crippen LogP contribution is -2.49. The Morgan fingerprint density at radius 2 is 1.91 bits per heavy atom. The van der Waals surface area contributed by atoms with Crippen molar-refractivity contribution in [3.63, 3.8) is 0 Å². The minimum absolute atomic E-state index is 0.0986. The highest BCUT2D eigenvalue weighted by Gasteiger charge is 2.29. The van der Waals surface area contributed by atoms with Crippen molar-refractivity contribution < 1.29 is 18.7 Å². The Balaban J connectivity index is 2.06. The minimum atomic E-state index is -0.498. The number of ketones is 1. The van der Waals surface area contributed by atoms with Crippen molar-refractivity contribution >= 4 is 11.7 Å². The fourth-order valence-electron chi connectivity index (χ4n) is 3.03. The minimum Gasteiger partial charge on any atom is -0.483 e. The molecule has 1 heterocycles. The van der Waals surface area contributed by atoms with E-state index < -0.39 is 5.82 Å². The maximum absolute atomic E-state index is 13.2. The van der Waals surface area contributed by atoms with Crippen LogP contribution in [0.15, 0.2) is 18.2 Å². The fourth-order valence-corrected chi connectivity index (χ4v) is 3.03. The average Bonchev–Trinajstić information content (AvgIpc) is 2.45. The Kier molecular flexibility index (Phi) is 5.16. The molecule has 0 spiro atoms. The summed E-state index contributed by atoms with van der Waals surface area (Å²) < 4.78 is 18.7. The van der Waals surface area contributed by atoms with E-state index >= 15 is 0 Å². The molecule has 1 aromatic carbocycles. The quantitative estimate of drug-likeness (QED) is 0.803. The highest BCUT2D eigenvalue weighted by atomic mass is 19.1. The van der Waals surface area contributed by atoms with Crippen LogP contribution in [0, 0.1) is 5.82 Å². The molecule has 0 aromatic heterocycles. The van der Waals surface area contributed by atoms with E-state index in [1.54, 1.807) is 0 Å². The maximum atomic E-state index is 13.2. The van der Waals surface area contributed by atoms with Crippen molar-refractivity contribution in [2.75, 3.05) is 6.61 Å². The van der Waals surface area contributed by atoms with Crippen molar-refractivity contribution in [1.82, 2.24) is 4.90 Å². The van der Waals surface area contributed by atoms with E-state index in [2.05, 4.69) is 0 Å². The van der Waals surface area contributed by atoms with E-state index in [1.165, 1.54) is 19.1 Å². The second-order valence-electron chi connectivity index (χ2n) is 5.92. The summed E-state index contributed by atoms with van der Waals surface area (Å²) in [5, 5.41) is 0. The van der Waals surface area contributed by atoms with Gasteiger partial charge in [0.2, 0.25) is 0 Å². The van der Waals surface area contributed by atoms with Crippen molar-refractivity contribution in [2.45, 2.75) is 52.1 Å². The van der Waals surface area contributed by atoms with Gasteiger partial charge in [-0.1, -0.05) is 0 Å². The molecule has 4 nitrogen and oxygen atoms in total. The lowest BCUT2D eigenvalue weighted by atomic mass is 9.97. The predicted octanol–water partition coefficient (Wildman–Crippen LogP) is 3.20. The molecule has 2 atom stereocenters. The number of nitrogens with zero attached hydrogens (tertiary/aromatic N) is 1. The van der Waals surface area contributed by atoms with Gasteiger partial charge < -0.3 is 9.64 Å². The summed E-state index contributed by atoms with van der Waals surface area (Å²) in [6, 6.07) is 4.13. The maximum Gasteiger partial charge on any atom is 0.260 e. The Hall–Kier alpha value is -1.91. The van der Waals surface area contributed by atoms with Crippen LogP contribution in [0.1, 0.15) is 50.4 Å². The molecule has 0 radical (unpaired) electrons. The third kappa shape index (κ3) is 3.64. The van der Waals surface area contributed by atoms with Crippen LogP contribution in [0.25, 0.3) is 0 Å². The van der Waals surface area contributed by atoms with Gasteiger partial charge in [0, 0.05) is 12.1 Å². The molecule has 22 heavy (non-hydrogen) atoms. The number of hydrogen-bond acceptors (Lipinski definition) is 3. The normalized spacial score (nSPS) is 21.5. The van der Waals surface area contributed by atoms with Crippen LogP contribution < -0.4 is 4.74 Å². The molecule has 2 rings (SSSR count). The zero-order chi connectivity index (χ0) is 16.3. The summed E-state index contributed by atoms with van der Waals surface area (Å²) in [6.07, 6.45) is 3.11. The van der Waals surface area contributed by atoms with Crippen molar-refractivity contribution in [3.05, 3.63) is 29.6 Å². The first-order valence-electron chi connectivity index (χ1n) is 7.64. The van der Waals surface area contributed by atoms with Gasteiger partial charge in [-0.25, -0.2) is 4.39 Å². The van der Waals surface area contributed by atoms with Crippen LogP contribution in [0.4, 0.5) is 4.39 Å². The highest BCUT2D eigenvalue weighted by Crippen LogP contribution is 2.24. The molecule has 2 unspecified atom stereocenters. The number of amides is 1. The van der Waals surface area contributed by atoms with Gasteiger partial charge in [0.15, 0.2) is 12.4 Å². The van der Waals surface area contributed by atoms with Crippen molar-refractivity contribution in [3.8, 4) is 5.75 Å². The van der Waals surface area contributed by atoms with E-state index in [9.17, 15) is 14.0 Å². The highest BCUT2D eigenvalue weighted by molar-refractivity contribution is 5.96. The van der Waals surface area contributed by atoms with Crippen LogP contribution in [-0.4, -0.2) is 35.3 Å². The van der Waals surface area contributed by atoms with Crippen LogP contribution >= 0.6 is 0 Å². The zero-order valence-corrected chi connectivity index (χ0v) is 13.3. The molecule has 1 saturated heterocycles. The van der Waals surface area contributed by atoms with Crippen molar-refractivity contribution in [2.24, 2.45) is 0 Å². The van der Waals surface area contributed by atoms with E-state index in [0.717, 1.165) is 25.3 Å². The number of likely N-dealkylation sites (tertiary alicyclic amines) is 1. The molecular weight excluding hydrogens is 285 g/mol. The van der Waals surface area contributed by atoms with Gasteiger partial charge in [0.1, 0.15) is 11.6 Å². The van der Waals surface area contributed by atoms with Gasteiger partial charge in [0.25, 0.3) is 5.91 Å². The van der Waals surface area contributed by atoms with Crippen LogP contribution in [0.3, 0.4) is 0 Å². The largest absolute Gasteiger partial charge is 0.483 e. The number of carbonyl (C=O) groups is 2. The second kappa shape index (κ2) is 6.90. The zero-order valence-electron chi connectivity index (χ0n) is 13.3.